The fourth-order valence-corrected chi connectivity index (χ4v) is 2.25. The van der Waals surface area contributed by atoms with Gasteiger partial charge in [-0.2, -0.15) is 0 Å². The van der Waals surface area contributed by atoms with Gasteiger partial charge in [-0.25, -0.2) is 0 Å². The SMILES string of the molecule is [H-].[H-].[H-].[Zr+4].[c-]1cccc(C2=CC=CC2)c1C1=CC=CC1. The molecule has 0 amide bonds. The van der Waals surface area contributed by atoms with Crippen LogP contribution in [0.2, 0.25) is 0 Å². The zero-order chi connectivity index (χ0) is 10.8. The van der Waals surface area contributed by atoms with Crippen LogP contribution in [-0.4, -0.2) is 0 Å². The van der Waals surface area contributed by atoms with Gasteiger partial charge >= 0.3 is 26.2 Å². The second-order valence-electron chi connectivity index (χ2n) is 4.11. The zero-order valence-corrected chi connectivity index (χ0v) is 12.1. The molecule has 1 aromatic carbocycles. The molecule has 2 aliphatic carbocycles. The molecule has 1 heteroatoms. The first kappa shape index (κ1) is 12.5. The molecule has 84 valence electrons. The first-order valence-corrected chi connectivity index (χ1v) is 5.68. The monoisotopic (exact) mass is 298 g/mol. The molecule has 0 nitrogen and oxygen atoms in total. The van der Waals surface area contributed by atoms with Crippen LogP contribution in [0, 0.1) is 6.07 Å². The van der Waals surface area contributed by atoms with Gasteiger partial charge in [0.15, 0.2) is 0 Å². The fourth-order valence-electron chi connectivity index (χ4n) is 2.25. The maximum absolute atomic E-state index is 3.38. The van der Waals surface area contributed by atoms with Crippen LogP contribution in [-0.2, 0) is 26.2 Å². The summed E-state index contributed by atoms with van der Waals surface area (Å²) in [6, 6.07) is 9.65. The van der Waals surface area contributed by atoms with Crippen LogP contribution in [0.5, 0.6) is 0 Å². The standard InChI is InChI=1S/C16H13.Zr.3H/c1-2-8-13(7-1)15-11-5-6-12-16(15)14-9-3-4-10-14;;;;/h1-7,9,11H,8,10H2;;;;/q-1;+4;3*-1. The van der Waals surface area contributed by atoms with E-state index >= 15 is 0 Å². The Balaban J connectivity index is 0. The van der Waals surface area contributed by atoms with Crippen LogP contribution in [0.3, 0.4) is 0 Å². The average molecular weight is 300 g/mol. The molecule has 0 spiro atoms. The third-order valence-corrected chi connectivity index (χ3v) is 3.07. The number of benzene rings is 1. The molecule has 17 heavy (non-hydrogen) atoms. The van der Waals surface area contributed by atoms with Gasteiger partial charge in [0.05, 0.1) is 0 Å². The van der Waals surface area contributed by atoms with Crippen LogP contribution in [0.1, 0.15) is 28.2 Å². The van der Waals surface area contributed by atoms with Gasteiger partial charge < -0.3 is 4.28 Å². The van der Waals surface area contributed by atoms with E-state index in [4.69, 9.17) is 0 Å². The summed E-state index contributed by atoms with van der Waals surface area (Å²) < 4.78 is 0. The molecule has 0 aromatic heterocycles. The molecule has 0 aliphatic heterocycles. The van der Waals surface area contributed by atoms with Gasteiger partial charge in [0.2, 0.25) is 0 Å². The third-order valence-electron chi connectivity index (χ3n) is 3.07. The molecule has 0 saturated heterocycles. The molecule has 0 N–H and O–H groups in total. The Labute approximate surface area is 126 Å². The summed E-state index contributed by atoms with van der Waals surface area (Å²) >= 11 is 0. The molecular weight excluding hydrogens is 283 g/mol. The van der Waals surface area contributed by atoms with E-state index in [-0.39, 0.29) is 30.5 Å². The van der Waals surface area contributed by atoms with Crippen molar-refractivity contribution in [1.82, 2.24) is 0 Å². The minimum atomic E-state index is 0. The quantitative estimate of drug-likeness (QED) is 0.705. The Morgan fingerprint density at radius 2 is 1.71 bits per heavy atom. The maximum Gasteiger partial charge on any atom is 4.00 e. The molecule has 3 rings (SSSR count). The Kier molecular flexibility index (Phi) is 4.12. The van der Waals surface area contributed by atoms with E-state index in [1.165, 1.54) is 22.3 Å². The third kappa shape index (κ3) is 2.50. The van der Waals surface area contributed by atoms with E-state index in [1.54, 1.807) is 0 Å². The number of allylic oxidation sites excluding steroid dienone is 8. The molecule has 0 heterocycles. The van der Waals surface area contributed by atoms with Gasteiger partial charge in [-0.15, -0.1) is 47.0 Å². The second-order valence-corrected chi connectivity index (χ2v) is 4.11. The zero-order valence-electron chi connectivity index (χ0n) is 12.6. The van der Waals surface area contributed by atoms with Crippen LogP contribution in [0.15, 0.2) is 54.7 Å². The fraction of sp³-hybridized carbons (Fsp3) is 0.125. The average Bonchev–Trinajstić information content (AvgIpc) is 3.03. The summed E-state index contributed by atoms with van der Waals surface area (Å²) in [6.07, 6.45) is 15.1. The smallest absolute Gasteiger partial charge is 1.00 e. The Hall–Kier alpha value is -0.937. The van der Waals surface area contributed by atoms with Gasteiger partial charge in [-0.05, 0) is 12.8 Å². The predicted octanol–water partition coefficient (Wildman–Crippen LogP) is 4.51. The molecule has 2 aliphatic rings. The van der Waals surface area contributed by atoms with Crippen molar-refractivity contribution in [2.75, 3.05) is 0 Å². The molecule has 0 bridgehead atoms. The van der Waals surface area contributed by atoms with Gasteiger partial charge in [0.1, 0.15) is 0 Å². The Bertz CT molecular complexity index is 493. The number of hydrogen-bond acceptors (Lipinski definition) is 0. The predicted molar refractivity (Wildman–Crippen MR) is 72.1 cm³/mol. The first-order valence-electron chi connectivity index (χ1n) is 5.68. The molecule has 0 fully saturated rings. The molecular formula is C16H16Zr. The van der Waals surface area contributed by atoms with Crippen molar-refractivity contribution in [2.24, 2.45) is 0 Å². The molecule has 1 aromatic rings. The molecule has 0 radical (unpaired) electrons. The van der Waals surface area contributed by atoms with Crippen LogP contribution >= 0.6 is 0 Å². The van der Waals surface area contributed by atoms with E-state index in [2.05, 4.69) is 54.7 Å². The van der Waals surface area contributed by atoms with E-state index < -0.39 is 0 Å². The molecule has 0 saturated carbocycles. The summed E-state index contributed by atoms with van der Waals surface area (Å²) in [6.45, 7) is 0. The number of rotatable bonds is 2. The summed E-state index contributed by atoms with van der Waals surface area (Å²) in [7, 11) is 0. The van der Waals surface area contributed by atoms with Crippen LogP contribution in [0.25, 0.3) is 11.1 Å². The van der Waals surface area contributed by atoms with Gasteiger partial charge in [0.25, 0.3) is 0 Å². The topological polar surface area (TPSA) is 0 Å². The van der Waals surface area contributed by atoms with Crippen molar-refractivity contribution in [2.45, 2.75) is 12.8 Å². The van der Waals surface area contributed by atoms with Crippen LogP contribution < -0.4 is 0 Å². The maximum atomic E-state index is 3.38. The largest absolute Gasteiger partial charge is 4.00 e. The van der Waals surface area contributed by atoms with E-state index in [0.29, 0.717) is 0 Å². The van der Waals surface area contributed by atoms with E-state index in [9.17, 15) is 0 Å². The first-order chi connectivity index (χ1) is 7.95. The van der Waals surface area contributed by atoms with Crippen molar-refractivity contribution in [3.05, 3.63) is 71.8 Å². The summed E-state index contributed by atoms with van der Waals surface area (Å²) in [5, 5.41) is 0. The van der Waals surface area contributed by atoms with Crippen LogP contribution in [0.4, 0.5) is 0 Å². The minimum absolute atomic E-state index is 0. The van der Waals surface area contributed by atoms with Gasteiger partial charge in [-0.1, -0.05) is 36.0 Å². The van der Waals surface area contributed by atoms with E-state index in [0.717, 1.165) is 12.8 Å². The van der Waals surface area contributed by atoms with Crippen molar-refractivity contribution in [3.8, 4) is 0 Å². The normalized spacial score (nSPS) is 16.7. The minimum Gasteiger partial charge on any atom is -1.00 e. The van der Waals surface area contributed by atoms with E-state index in [1.807, 2.05) is 6.07 Å². The van der Waals surface area contributed by atoms with Crippen molar-refractivity contribution in [1.29, 1.82) is 0 Å². The Morgan fingerprint density at radius 3 is 2.35 bits per heavy atom. The number of hydrogen-bond donors (Lipinski definition) is 0. The summed E-state index contributed by atoms with van der Waals surface area (Å²) in [5.41, 5.74) is 5.38. The van der Waals surface area contributed by atoms with Crippen molar-refractivity contribution >= 4 is 11.1 Å². The Morgan fingerprint density at radius 1 is 1.00 bits per heavy atom. The van der Waals surface area contributed by atoms with Crippen molar-refractivity contribution in [3.63, 3.8) is 0 Å². The summed E-state index contributed by atoms with van der Waals surface area (Å²) in [4.78, 5) is 0. The molecule has 0 atom stereocenters. The second kappa shape index (κ2) is 5.60. The summed E-state index contributed by atoms with van der Waals surface area (Å²) in [5.74, 6) is 0. The van der Waals surface area contributed by atoms with Gasteiger partial charge in [0, 0.05) is 0 Å². The van der Waals surface area contributed by atoms with Crippen molar-refractivity contribution < 1.29 is 30.5 Å². The molecule has 0 unspecified atom stereocenters. The van der Waals surface area contributed by atoms with Gasteiger partial charge in [-0.3, -0.25) is 0 Å².